The first kappa shape index (κ1) is 30.5. The fourth-order valence-corrected chi connectivity index (χ4v) is 6.21. The van der Waals surface area contributed by atoms with Crippen LogP contribution in [0.4, 0.5) is 5.69 Å². The first-order valence-electron chi connectivity index (χ1n) is 14.8. The van der Waals surface area contributed by atoms with Crippen molar-refractivity contribution in [2.75, 3.05) is 11.9 Å². The number of Topliss-reactive ketones (excluding diaryl/α,β-unsaturated/α-hetero) is 1. The van der Waals surface area contributed by atoms with Crippen molar-refractivity contribution in [3.05, 3.63) is 89.0 Å². The number of anilines is 1. The number of amides is 1. The van der Waals surface area contributed by atoms with Crippen molar-refractivity contribution in [1.29, 1.82) is 0 Å². The van der Waals surface area contributed by atoms with Crippen molar-refractivity contribution in [2.24, 2.45) is 0 Å². The summed E-state index contributed by atoms with van der Waals surface area (Å²) in [7, 11) is 0. The number of rotatable bonds is 11. The molecule has 0 fully saturated rings. The summed E-state index contributed by atoms with van der Waals surface area (Å²) in [5.74, 6) is 0.443. The molecule has 0 bridgehead atoms. The number of tetrazole rings is 1. The van der Waals surface area contributed by atoms with Crippen LogP contribution in [0.5, 0.6) is 5.75 Å². The number of thioether (sulfide) groups is 1. The molecule has 0 radical (unpaired) electrons. The maximum absolute atomic E-state index is 13.4. The number of hydrogen-bond acceptors (Lipinski definition) is 7. The average Bonchev–Trinajstić information content (AvgIpc) is 3.61. The molecule has 1 atom stereocenters. The zero-order chi connectivity index (χ0) is 30.8. The van der Waals surface area contributed by atoms with Crippen LogP contribution in [0.1, 0.15) is 81.4 Å². The predicted octanol–water partition coefficient (Wildman–Crippen LogP) is 6.95. The molecule has 43 heavy (non-hydrogen) atoms. The molecule has 0 aliphatic heterocycles. The van der Waals surface area contributed by atoms with Gasteiger partial charge in [0.25, 0.3) is 5.91 Å². The van der Waals surface area contributed by atoms with Crippen LogP contribution in [0.3, 0.4) is 0 Å². The Balaban J connectivity index is 1.29. The number of aromatic nitrogens is 4. The summed E-state index contributed by atoms with van der Waals surface area (Å²) in [4.78, 5) is 26.5. The van der Waals surface area contributed by atoms with E-state index in [9.17, 15) is 9.59 Å². The topological polar surface area (TPSA) is 99.0 Å². The molecule has 4 aromatic rings. The van der Waals surface area contributed by atoms with Gasteiger partial charge in [0.1, 0.15) is 5.75 Å². The van der Waals surface area contributed by atoms with E-state index in [1.807, 2.05) is 48.5 Å². The molecule has 1 N–H and O–H groups in total. The molecule has 1 unspecified atom stereocenters. The minimum Gasteiger partial charge on any atom is -0.483 e. The van der Waals surface area contributed by atoms with Crippen molar-refractivity contribution in [3.63, 3.8) is 0 Å². The van der Waals surface area contributed by atoms with Gasteiger partial charge in [-0.3, -0.25) is 9.59 Å². The lowest BCUT2D eigenvalue weighted by molar-refractivity contribution is -0.118. The number of ether oxygens (including phenoxy) is 1. The number of carbonyl (C=O) groups is 2. The van der Waals surface area contributed by atoms with Crippen LogP contribution in [0, 0.1) is 0 Å². The molecule has 0 saturated heterocycles. The molecule has 5 rings (SSSR count). The molecule has 1 aliphatic carbocycles. The van der Waals surface area contributed by atoms with Crippen LogP contribution in [0.2, 0.25) is 0 Å². The van der Waals surface area contributed by atoms with Crippen LogP contribution in [0.25, 0.3) is 5.69 Å². The highest BCUT2D eigenvalue weighted by atomic mass is 32.2. The van der Waals surface area contributed by atoms with E-state index in [0.717, 1.165) is 35.4 Å². The molecule has 8 nitrogen and oxygen atoms in total. The molecule has 3 aromatic carbocycles. The number of fused-ring (bicyclic) bond motifs is 1. The van der Waals surface area contributed by atoms with E-state index in [2.05, 4.69) is 74.5 Å². The Hall–Kier alpha value is -3.98. The first-order chi connectivity index (χ1) is 20.5. The molecular formula is C34H39N5O3S. The summed E-state index contributed by atoms with van der Waals surface area (Å²) in [6.45, 7) is 13.1. The minimum atomic E-state index is -0.400. The lowest BCUT2D eigenvalue weighted by atomic mass is 9.76. The van der Waals surface area contributed by atoms with Gasteiger partial charge in [-0.2, -0.15) is 4.68 Å². The van der Waals surface area contributed by atoms with Crippen LogP contribution in [-0.4, -0.2) is 43.8 Å². The summed E-state index contributed by atoms with van der Waals surface area (Å²) < 4.78 is 7.77. The van der Waals surface area contributed by atoms with Gasteiger partial charge in [-0.15, -0.1) is 5.10 Å². The lowest BCUT2D eigenvalue weighted by Gasteiger charge is -2.30. The number of hydrogen-bond donors (Lipinski definition) is 1. The van der Waals surface area contributed by atoms with Gasteiger partial charge in [0, 0.05) is 16.8 Å². The number of ketones is 1. The van der Waals surface area contributed by atoms with E-state index >= 15 is 0 Å². The molecule has 224 valence electrons. The van der Waals surface area contributed by atoms with Crippen molar-refractivity contribution in [3.8, 4) is 11.4 Å². The summed E-state index contributed by atoms with van der Waals surface area (Å²) in [5.41, 5.74) is 5.17. The highest BCUT2D eigenvalue weighted by Crippen LogP contribution is 2.39. The zero-order valence-corrected chi connectivity index (χ0v) is 26.5. The smallest absolute Gasteiger partial charge is 0.262 e. The van der Waals surface area contributed by atoms with Gasteiger partial charge < -0.3 is 10.1 Å². The Morgan fingerprint density at radius 1 is 1.00 bits per heavy atom. The number of carbonyl (C=O) groups excluding carboxylic acids is 2. The van der Waals surface area contributed by atoms with Gasteiger partial charge in [-0.05, 0) is 75.9 Å². The molecule has 0 spiro atoms. The fourth-order valence-electron chi connectivity index (χ4n) is 5.14. The van der Waals surface area contributed by atoms with Gasteiger partial charge in [0.15, 0.2) is 12.4 Å². The Morgan fingerprint density at radius 3 is 2.47 bits per heavy atom. The van der Waals surface area contributed by atoms with Crippen molar-refractivity contribution in [1.82, 2.24) is 20.2 Å². The quantitative estimate of drug-likeness (QED) is 0.200. The van der Waals surface area contributed by atoms with E-state index in [4.69, 9.17) is 4.74 Å². The third-order valence-corrected chi connectivity index (χ3v) is 9.83. The summed E-state index contributed by atoms with van der Waals surface area (Å²) in [5, 5.41) is 15.2. The number of para-hydroxylation sites is 1. The third-order valence-electron chi connectivity index (χ3n) is 8.70. The Labute approximate surface area is 257 Å². The van der Waals surface area contributed by atoms with E-state index < -0.39 is 5.25 Å². The molecule has 1 heterocycles. The second kappa shape index (κ2) is 12.3. The molecular weight excluding hydrogens is 558 g/mol. The van der Waals surface area contributed by atoms with Crippen molar-refractivity contribution < 1.29 is 14.3 Å². The normalized spacial score (nSPS) is 14.9. The minimum absolute atomic E-state index is 0.00325. The molecule has 1 aromatic heterocycles. The summed E-state index contributed by atoms with van der Waals surface area (Å²) >= 11 is 1.33. The monoisotopic (exact) mass is 597 g/mol. The van der Waals surface area contributed by atoms with Crippen LogP contribution < -0.4 is 10.1 Å². The van der Waals surface area contributed by atoms with Crippen LogP contribution in [-0.2, 0) is 22.0 Å². The molecule has 1 aliphatic rings. The number of nitrogens with one attached hydrogen (secondary N) is 1. The van der Waals surface area contributed by atoms with Crippen LogP contribution in [0.15, 0.2) is 71.9 Å². The number of nitrogens with zero attached hydrogens (tertiary/aromatic N) is 4. The van der Waals surface area contributed by atoms with Gasteiger partial charge in [-0.1, -0.05) is 95.8 Å². The first-order valence-corrected chi connectivity index (χ1v) is 15.7. The second-order valence-corrected chi connectivity index (χ2v) is 13.4. The van der Waals surface area contributed by atoms with Gasteiger partial charge in [-0.25, -0.2) is 0 Å². The van der Waals surface area contributed by atoms with Gasteiger partial charge in [0.05, 0.1) is 10.9 Å². The SMILES string of the molecule is CCC(C)(C)c1ccc(OCC(=O)Nc2cccc3c2CC(Sc2nnnn2-c2ccccc2)C3=O)c(C(C)(C)CC)c1. The second-order valence-electron chi connectivity index (χ2n) is 12.2. The summed E-state index contributed by atoms with van der Waals surface area (Å²) in [6.07, 6.45) is 2.42. The fraction of sp³-hybridized carbons (Fsp3) is 0.382. The van der Waals surface area contributed by atoms with E-state index in [1.54, 1.807) is 10.7 Å². The molecule has 1 amide bonds. The van der Waals surface area contributed by atoms with Crippen LogP contribution >= 0.6 is 11.8 Å². The Morgan fingerprint density at radius 2 is 1.74 bits per heavy atom. The Bertz CT molecular complexity index is 1630. The van der Waals surface area contributed by atoms with Crippen molar-refractivity contribution >= 4 is 29.1 Å². The number of benzene rings is 3. The molecule has 0 saturated carbocycles. The standard InChI is InChI=1S/C34H39N5O3S/c1-7-33(3,4)22-17-18-28(26(19-22)34(5,6)8-2)42-21-30(40)35-27-16-12-15-24-25(27)20-29(31(24)41)43-32-36-37-38-39(32)23-13-10-9-11-14-23/h9-19,29H,7-8,20-21H2,1-6H3,(H,35,40). The lowest BCUT2D eigenvalue weighted by Crippen LogP contribution is -2.24. The van der Waals surface area contributed by atoms with Gasteiger partial charge >= 0.3 is 0 Å². The zero-order valence-electron chi connectivity index (χ0n) is 25.7. The predicted molar refractivity (Wildman–Crippen MR) is 170 cm³/mol. The van der Waals surface area contributed by atoms with Gasteiger partial charge in [0.2, 0.25) is 5.16 Å². The largest absolute Gasteiger partial charge is 0.483 e. The third kappa shape index (κ3) is 6.37. The van der Waals surface area contributed by atoms with E-state index in [-0.39, 0.29) is 29.1 Å². The highest BCUT2D eigenvalue weighted by molar-refractivity contribution is 8.00. The Kier molecular flexibility index (Phi) is 8.74. The van der Waals surface area contributed by atoms with Crippen molar-refractivity contribution in [2.45, 2.75) is 82.0 Å². The maximum Gasteiger partial charge on any atom is 0.262 e. The van der Waals surface area contributed by atoms with E-state index in [1.165, 1.54) is 17.3 Å². The van der Waals surface area contributed by atoms with E-state index in [0.29, 0.717) is 22.8 Å². The average molecular weight is 598 g/mol. The highest BCUT2D eigenvalue weighted by Gasteiger charge is 2.35. The maximum atomic E-state index is 13.4. The molecule has 9 heteroatoms. The summed E-state index contributed by atoms with van der Waals surface area (Å²) in [6, 6.07) is 21.3.